The lowest BCUT2D eigenvalue weighted by Crippen LogP contribution is -2.12. The van der Waals surface area contributed by atoms with Crippen LogP contribution in [0, 0.1) is 5.92 Å². The molecular formula is C15H23NO2. The van der Waals surface area contributed by atoms with E-state index in [1.54, 1.807) is 0 Å². The van der Waals surface area contributed by atoms with Crippen LogP contribution in [0.2, 0.25) is 0 Å². The number of carbonyl (C=O) groups excluding carboxylic acids is 1. The first-order valence-corrected chi connectivity index (χ1v) is 6.53. The number of hydrogen-bond acceptors (Lipinski definition) is 3. The predicted molar refractivity (Wildman–Crippen MR) is 74.0 cm³/mol. The minimum absolute atomic E-state index is 0.150. The van der Waals surface area contributed by atoms with Gasteiger partial charge in [-0.1, -0.05) is 6.92 Å². The number of rotatable bonds is 7. The topological polar surface area (TPSA) is 52.3 Å². The summed E-state index contributed by atoms with van der Waals surface area (Å²) >= 11 is 0. The van der Waals surface area contributed by atoms with E-state index in [9.17, 15) is 4.79 Å². The molecule has 0 bridgehead atoms. The Balaban J connectivity index is 2.53. The van der Waals surface area contributed by atoms with Crippen LogP contribution in [0.5, 0.6) is 5.75 Å². The van der Waals surface area contributed by atoms with E-state index < -0.39 is 0 Å². The third-order valence-electron chi connectivity index (χ3n) is 2.81. The zero-order valence-corrected chi connectivity index (χ0v) is 11.5. The van der Waals surface area contributed by atoms with Crippen molar-refractivity contribution in [3.63, 3.8) is 0 Å². The van der Waals surface area contributed by atoms with Crippen LogP contribution in [0.3, 0.4) is 0 Å². The summed E-state index contributed by atoms with van der Waals surface area (Å²) in [6, 6.07) is 7.35. The number of ketones is 1. The van der Waals surface area contributed by atoms with Crippen LogP contribution in [0.25, 0.3) is 0 Å². The van der Waals surface area contributed by atoms with Crippen molar-refractivity contribution in [1.82, 2.24) is 0 Å². The summed E-state index contributed by atoms with van der Waals surface area (Å²) < 4.78 is 5.54. The lowest BCUT2D eigenvalue weighted by Gasteiger charge is -2.10. The number of hydrogen-bond donors (Lipinski definition) is 1. The second-order valence-electron chi connectivity index (χ2n) is 4.99. The number of benzene rings is 1. The Morgan fingerprint density at radius 2 is 1.83 bits per heavy atom. The molecule has 0 saturated carbocycles. The van der Waals surface area contributed by atoms with Gasteiger partial charge in [0.05, 0.1) is 6.10 Å². The van der Waals surface area contributed by atoms with Gasteiger partial charge in [-0.3, -0.25) is 4.79 Å². The fourth-order valence-corrected chi connectivity index (χ4v) is 1.63. The zero-order chi connectivity index (χ0) is 13.5. The van der Waals surface area contributed by atoms with Crippen molar-refractivity contribution >= 4 is 5.78 Å². The zero-order valence-electron chi connectivity index (χ0n) is 11.5. The Morgan fingerprint density at radius 3 is 2.33 bits per heavy atom. The number of Topliss-reactive ketones (excluding diaryl/α,β-unsaturated/α-hetero) is 1. The molecule has 0 aliphatic carbocycles. The van der Waals surface area contributed by atoms with Crippen LogP contribution in [-0.2, 0) is 0 Å². The van der Waals surface area contributed by atoms with Gasteiger partial charge >= 0.3 is 0 Å². The van der Waals surface area contributed by atoms with E-state index in [0.717, 1.165) is 17.7 Å². The summed E-state index contributed by atoms with van der Waals surface area (Å²) in [5, 5.41) is 0. The summed E-state index contributed by atoms with van der Waals surface area (Å²) in [5.74, 6) is 1.38. The fraction of sp³-hybridized carbons (Fsp3) is 0.533. The Morgan fingerprint density at radius 1 is 1.22 bits per heavy atom. The second kappa shape index (κ2) is 7.17. The summed E-state index contributed by atoms with van der Waals surface area (Å²) in [6.45, 7) is 6.65. The van der Waals surface area contributed by atoms with Crippen molar-refractivity contribution in [2.24, 2.45) is 11.7 Å². The highest BCUT2D eigenvalue weighted by molar-refractivity contribution is 5.96. The largest absolute Gasteiger partial charge is 0.491 e. The molecule has 0 amide bonds. The van der Waals surface area contributed by atoms with Gasteiger partial charge in [0.2, 0.25) is 0 Å². The van der Waals surface area contributed by atoms with Crippen LogP contribution in [0.1, 0.15) is 44.0 Å². The Labute approximate surface area is 109 Å². The Bertz CT molecular complexity index is 371. The summed E-state index contributed by atoms with van der Waals surface area (Å²) in [4.78, 5) is 11.9. The van der Waals surface area contributed by atoms with E-state index in [4.69, 9.17) is 10.5 Å². The van der Waals surface area contributed by atoms with Gasteiger partial charge in [0.15, 0.2) is 5.78 Å². The molecule has 0 aromatic heterocycles. The molecular weight excluding hydrogens is 226 g/mol. The quantitative estimate of drug-likeness (QED) is 0.756. The number of ether oxygens (including phenoxy) is 1. The second-order valence-corrected chi connectivity index (χ2v) is 4.99. The standard InChI is InChI=1S/C15H23NO2/c1-11(2)18-14-7-5-13(6-8-14)15(17)9-4-12(3)10-16/h5-8,11-12H,4,9-10,16H2,1-3H3. The molecule has 0 aliphatic rings. The minimum atomic E-state index is 0.150. The first kappa shape index (κ1) is 14.7. The van der Waals surface area contributed by atoms with Gasteiger partial charge in [-0.05, 0) is 57.0 Å². The molecule has 1 aromatic rings. The van der Waals surface area contributed by atoms with E-state index >= 15 is 0 Å². The summed E-state index contributed by atoms with van der Waals surface area (Å²) in [6.07, 6.45) is 1.56. The van der Waals surface area contributed by atoms with E-state index in [-0.39, 0.29) is 11.9 Å². The molecule has 1 rings (SSSR count). The molecule has 1 aromatic carbocycles. The van der Waals surface area contributed by atoms with E-state index in [0.29, 0.717) is 18.9 Å². The molecule has 1 atom stereocenters. The van der Waals surface area contributed by atoms with Crippen LogP contribution in [0.4, 0.5) is 0 Å². The van der Waals surface area contributed by atoms with Gasteiger partial charge in [-0.25, -0.2) is 0 Å². The SMILES string of the molecule is CC(CN)CCC(=O)c1ccc(OC(C)C)cc1. The van der Waals surface area contributed by atoms with E-state index in [2.05, 4.69) is 6.92 Å². The van der Waals surface area contributed by atoms with Crippen LogP contribution >= 0.6 is 0 Å². The monoisotopic (exact) mass is 249 g/mol. The normalized spacial score (nSPS) is 12.5. The highest BCUT2D eigenvalue weighted by Crippen LogP contribution is 2.16. The average Bonchev–Trinajstić information content (AvgIpc) is 2.35. The lowest BCUT2D eigenvalue weighted by atomic mass is 10.0. The van der Waals surface area contributed by atoms with Crippen molar-refractivity contribution < 1.29 is 9.53 Å². The molecule has 3 nitrogen and oxygen atoms in total. The molecule has 0 fully saturated rings. The number of nitrogens with two attached hydrogens (primary N) is 1. The van der Waals surface area contributed by atoms with Crippen LogP contribution in [-0.4, -0.2) is 18.4 Å². The molecule has 0 saturated heterocycles. The minimum Gasteiger partial charge on any atom is -0.491 e. The maximum absolute atomic E-state index is 11.9. The van der Waals surface area contributed by atoms with Gasteiger partial charge in [0, 0.05) is 12.0 Å². The van der Waals surface area contributed by atoms with E-state index in [1.807, 2.05) is 38.1 Å². The molecule has 0 radical (unpaired) electrons. The predicted octanol–water partition coefficient (Wildman–Crippen LogP) is 3.03. The first-order chi connectivity index (χ1) is 8.52. The van der Waals surface area contributed by atoms with Gasteiger partial charge in [0.1, 0.15) is 5.75 Å². The summed E-state index contributed by atoms with van der Waals surface area (Å²) in [7, 11) is 0. The molecule has 100 valence electrons. The fourth-order valence-electron chi connectivity index (χ4n) is 1.63. The van der Waals surface area contributed by atoms with Crippen molar-refractivity contribution in [2.45, 2.75) is 39.7 Å². The van der Waals surface area contributed by atoms with Gasteiger partial charge in [0.25, 0.3) is 0 Å². The molecule has 0 spiro atoms. The van der Waals surface area contributed by atoms with Gasteiger partial charge in [-0.2, -0.15) is 0 Å². The van der Waals surface area contributed by atoms with Crippen molar-refractivity contribution in [3.05, 3.63) is 29.8 Å². The highest BCUT2D eigenvalue weighted by Gasteiger charge is 2.08. The molecule has 0 aliphatic heterocycles. The maximum atomic E-state index is 11.9. The maximum Gasteiger partial charge on any atom is 0.162 e. The van der Waals surface area contributed by atoms with Gasteiger partial charge in [-0.15, -0.1) is 0 Å². The molecule has 0 heterocycles. The highest BCUT2D eigenvalue weighted by atomic mass is 16.5. The first-order valence-electron chi connectivity index (χ1n) is 6.53. The van der Waals surface area contributed by atoms with Gasteiger partial charge < -0.3 is 10.5 Å². The smallest absolute Gasteiger partial charge is 0.162 e. The third kappa shape index (κ3) is 4.88. The van der Waals surface area contributed by atoms with Crippen molar-refractivity contribution in [2.75, 3.05) is 6.54 Å². The third-order valence-corrected chi connectivity index (χ3v) is 2.81. The lowest BCUT2D eigenvalue weighted by molar-refractivity contribution is 0.0975. The van der Waals surface area contributed by atoms with E-state index in [1.165, 1.54) is 0 Å². The molecule has 3 heteroatoms. The van der Waals surface area contributed by atoms with Crippen molar-refractivity contribution in [1.29, 1.82) is 0 Å². The molecule has 2 N–H and O–H groups in total. The Kier molecular flexibility index (Phi) is 5.86. The van der Waals surface area contributed by atoms with Crippen LogP contribution in [0.15, 0.2) is 24.3 Å². The number of carbonyl (C=O) groups is 1. The average molecular weight is 249 g/mol. The molecule has 1 unspecified atom stereocenters. The Hall–Kier alpha value is -1.35. The molecule has 18 heavy (non-hydrogen) atoms. The van der Waals surface area contributed by atoms with Crippen LogP contribution < -0.4 is 10.5 Å². The summed E-state index contributed by atoms with van der Waals surface area (Å²) in [5.41, 5.74) is 6.28. The van der Waals surface area contributed by atoms with Crippen molar-refractivity contribution in [3.8, 4) is 5.75 Å².